The van der Waals surface area contributed by atoms with Gasteiger partial charge in [0.25, 0.3) is 5.91 Å². The summed E-state index contributed by atoms with van der Waals surface area (Å²) in [6.45, 7) is 1.16. The Balaban J connectivity index is 1.34. The minimum Gasteiger partial charge on any atom is -0.353 e. The molecular weight excluding hydrogens is 366 g/mol. The number of rotatable bonds is 7. The van der Waals surface area contributed by atoms with Crippen LogP contribution in [0.4, 0.5) is 0 Å². The lowest BCUT2D eigenvalue weighted by atomic mass is 10.0. The average molecular weight is 393 g/mol. The quantitative estimate of drug-likeness (QED) is 0.757. The Morgan fingerprint density at radius 2 is 1.52 bits per heavy atom. The van der Waals surface area contributed by atoms with Crippen molar-refractivity contribution in [2.75, 3.05) is 19.6 Å². The average Bonchev–Trinajstić information content (AvgIpc) is 2.77. The van der Waals surface area contributed by atoms with Gasteiger partial charge in [0.05, 0.1) is 6.54 Å². The third-order valence-electron chi connectivity index (χ3n) is 5.13. The third kappa shape index (κ3) is 6.45. The van der Waals surface area contributed by atoms with E-state index in [1.165, 1.54) is 0 Å². The van der Waals surface area contributed by atoms with Crippen LogP contribution in [0, 0.1) is 0 Å². The Morgan fingerprint density at radius 3 is 2.17 bits per heavy atom. The summed E-state index contributed by atoms with van der Waals surface area (Å²) in [6.07, 6.45) is 2.66. The molecule has 1 heterocycles. The molecule has 0 spiro atoms. The van der Waals surface area contributed by atoms with Crippen molar-refractivity contribution >= 4 is 17.7 Å². The molecule has 1 aliphatic heterocycles. The molecule has 0 saturated carbocycles. The van der Waals surface area contributed by atoms with Gasteiger partial charge in [0.15, 0.2) is 0 Å². The number of nitrogens with zero attached hydrogens (tertiary/aromatic N) is 1. The number of piperidine rings is 1. The lowest BCUT2D eigenvalue weighted by Gasteiger charge is -2.32. The van der Waals surface area contributed by atoms with Crippen LogP contribution < -0.4 is 10.6 Å². The highest BCUT2D eigenvalue weighted by Crippen LogP contribution is 2.11. The van der Waals surface area contributed by atoms with Gasteiger partial charge < -0.3 is 15.5 Å². The molecule has 0 unspecified atom stereocenters. The zero-order valence-electron chi connectivity index (χ0n) is 16.5. The molecule has 0 radical (unpaired) electrons. The summed E-state index contributed by atoms with van der Waals surface area (Å²) in [4.78, 5) is 38.3. The maximum atomic E-state index is 12.3. The monoisotopic (exact) mass is 393 g/mol. The zero-order chi connectivity index (χ0) is 20.5. The van der Waals surface area contributed by atoms with Crippen molar-refractivity contribution < 1.29 is 14.4 Å². The van der Waals surface area contributed by atoms with Crippen molar-refractivity contribution in [1.82, 2.24) is 15.5 Å². The molecule has 0 bridgehead atoms. The second-order valence-electron chi connectivity index (χ2n) is 7.26. The first-order chi connectivity index (χ1) is 14.1. The Labute approximate surface area is 171 Å². The van der Waals surface area contributed by atoms with Crippen LogP contribution in [-0.2, 0) is 16.0 Å². The molecule has 6 nitrogen and oxygen atoms in total. The fourth-order valence-electron chi connectivity index (χ4n) is 3.43. The number of benzene rings is 2. The highest BCUT2D eigenvalue weighted by Gasteiger charge is 2.24. The smallest absolute Gasteiger partial charge is 0.251 e. The molecule has 29 heavy (non-hydrogen) atoms. The maximum Gasteiger partial charge on any atom is 0.251 e. The molecule has 3 amide bonds. The van der Waals surface area contributed by atoms with Crippen LogP contribution in [0.5, 0.6) is 0 Å². The molecule has 0 aromatic heterocycles. The van der Waals surface area contributed by atoms with Gasteiger partial charge in [0.1, 0.15) is 0 Å². The molecule has 1 fully saturated rings. The summed E-state index contributed by atoms with van der Waals surface area (Å²) in [5, 5.41) is 5.75. The number of hydrogen-bond donors (Lipinski definition) is 2. The van der Waals surface area contributed by atoms with E-state index in [1.807, 2.05) is 36.4 Å². The van der Waals surface area contributed by atoms with Crippen LogP contribution in [-0.4, -0.2) is 48.3 Å². The van der Waals surface area contributed by atoms with Gasteiger partial charge in [-0.1, -0.05) is 48.5 Å². The fourth-order valence-corrected chi connectivity index (χ4v) is 3.43. The van der Waals surface area contributed by atoms with Crippen molar-refractivity contribution in [3.63, 3.8) is 0 Å². The first-order valence-corrected chi connectivity index (χ1v) is 10.1. The van der Waals surface area contributed by atoms with Crippen molar-refractivity contribution in [3.05, 3.63) is 71.8 Å². The summed E-state index contributed by atoms with van der Waals surface area (Å²) in [6, 6.07) is 18.9. The molecule has 0 atom stereocenters. The standard InChI is InChI=1S/C23H27N3O3/c27-21(12-11-18-7-3-1-4-8-18)25-20-13-15-26(16-14-20)22(28)17-24-23(29)19-9-5-2-6-10-19/h1-10,20H,11-17H2,(H,24,29)(H,25,27). The van der Waals surface area contributed by atoms with Crippen molar-refractivity contribution in [2.45, 2.75) is 31.7 Å². The molecule has 1 aliphatic rings. The van der Waals surface area contributed by atoms with Gasteiger partial charge in [-0.05, 0) is 37.0 Å². The van der Waals surface area contributed by atoms with Crippen LogP contribution in [0.1, 0.15) is 35.2 Å². The summed E-state index contributed by atoms with van der Waals surface area (Å²) in [5.74, 6) is -0.295. The first-order valence-electron chi connectivity index (χ1n) is 10.1. The number of hydrogen-bond acceptors (Lipinski definition) is 3. The number of amides is 3. The van der Waals surface area contributed by atoms with Gasteiger partial charge >= 0.3 is 0 Å². The number of aryl methyl sites for hydroxylation is 1. The van der Waals surface area contributed by atoms with E-state index in [9.17, 15) is 14.4 Å². The molecule has 1 saturated heterocycles. The first kappa shape index (κ1) is 20.6. The van der Waals surface area contributed by atoms with E-state index in [0.717, 1.165) is 24.8 Å². The van der Waals surface area contributed by atoms with Gasteiger partial charge in [-0.3, -0.25) is 14.4 Å². The molecule has 3 rings (SSSR count). The van der Waals surface area contributed by atoms with Crippen molar-refractivity contribution in [3.8, 4) is 0 Å². The van der Waals surface area contributed by atoms with Crippen LogP contribution >= 0.6 is 0 Å². The minimum absolute atomic E-state index is 0.0121. The van der Waals surface area contributed by atoms with Crippen LogP contribution in [0.15, 0.2) is 60.7 Å². The molecule has 152 valence electrons. The summed E-state index contributed by atoms with van der Waals surface area (Å²) in [7, 11) is 0. The Hall–Kier alpha value is -3.15. The summed E-state index contributed by atoms with van der Waals surface area (Å²) >= 11 is 0. The number of carbonyl (C=O) groups excluding carboxylic acids is 3. The van der Waals surface area contributed by atoms with Gasteiger partial charge in [0, 0.05) is 31.1 Å². The molecule has 6 heteroatoms. The predicted octanol–water partition coefficient (Wildman–Crippen LogP) is 2.16. The Morgan fingerprint density at radius 1 is 0.897 bits per heavy atom. The van der Waals surface area contributed by atoms with E-state index in [2.05, 4.69) is 10.6 Å². The zero-order valence-corrected chi connectivity index (χ0v) is 16.5. The van der Waals surface area contributed by atoms with E-state index < -0.39 is 0 Å². The van der Waals surface area contributed by atoms with Gasteiger partial charge in [0.2, 0.25) is 11.8 Å². The summed E-state index contributed by atoms with van der Waals surface area (Å²) < 4.78 is 0. The largest absolute Gasteiger partial charge is 0.353 e. The van der Waals surface area contributed by atoms with Gasteiger partial charge in [-0.2, -0.15) is 0 Å². The van der Waals surface area contributed by atoms with Gasteiger partial charge in [-0.25, -0.2) is 0 Å². The molecule has 2 N–H and O–H groups in total. The second-order valence-corrected chi connectivity index (χ2v) is 7.26. The minimum atomic E-state index is -0.250. The Bertz CT molecular complexity index is 816. The highest BCUT2D eigenvalue weighted by molar-refractivity contribution is 5.96. The van der Waals surface area contributed by atoms with Crippen LogP contribution in [0.2, 0.25) is 0 Å². The lowest BCUT2D eigenvalue weighted by Crippen LogP contribution is -2.49. The second kappa shape index (κ2) is 10.4. The number of carbonyl (C=O) groups is 3. The van der Waals surface area contributed by atoms with Crippen LogP contribution in [0.25, 0.3) is 0 Å². The van der Waals surface area contributed by atoms with E-state index >= 15 is 0 Å². The van der Waals surface area contributed by atoms with E-state index in [4.69, 9.17) is 0 Å². The van der Waals surface area contributed by atoms with Gasteiger partial charge in [-0.15, -0.1) is 0 Å². The highest BCUT2D eigenvalue weighted by atomic mass is 16.2. The Kier molecular flexibility index (Phi) is 7.39. The molecule has 2 aromatic rings. The third-order valence-corrected chi connectivity index (χ3v) is 5.13. The molecule has 2 aromatic carbocycles. The van der Waals surface area contributed by atoms with E-state index in [-0.39, 0.29) is 30.3 Å². The van der Waals surface area contributed by atoms with Crippen molar-refractivity contribution in [2.24, 2.45) is 0 Å². The number of nitrogens with one attached hydrogen (secondary N) is 2. The van der Waals surface area contributed by atoms with Crippen LogP contribution in [0.3, 0.4) is 0 Å². The fraction of sp³-hybridized carbons (Fsp3) is 0.348. The normalized spacial score (nSPS) is 14.3. The number of likely N-dealkylation sites (tertiary alicyclic amines) is 1. The maximum absolute atomic E-state index is 12.3. The SMILES string of the molecule is O=C(CCc1ccccc1)NC1CCN(C(=O)CNC(=O)c2ccccc2)CC1. The molecular formula is C23H27N3O3. The topological polar surface area (TPSA) is 78.5 Å². The van der Waals surface area contributed by atoms with E-state index in [1.54, 1.807) is 29.2 Å². The predicted molar refractivity (Wildman–Crippen MR) is 111 cm³/mol. The molecule has 0 aliphatic carbocycles. The lowest BCUT2D eigenvalue weighted by molar-refractivity contribution is -0.131. The summed E-state index contributed by atoms with van der Waals surface area (Å²) in [5.41, 5.74) is 1.69. The van der Waals surface area contributed by atoms with E-state index in [0.29, 0.717) is 25.1 Å². The van der Waals surface area contributed by atoms with Crippen molar-refractivity contribution in [1.29, 1.82) is 0 Å².